The largest absolute Gasteiger partial charge is 0.370 e. The van der Waals surface area contributed by atoms with Gasteiger partial charge in [0.15, 0.2) is 5.65 Å². The smallest absolute Gasteiger partial charge is 0.223 e. The first kappa shape index (κ1) is 24.9. The van der Waals surface area contributed by atoms with Crippen molar-refractivity contribution in [1.82, 2.24) is 19.9 Å². The monoisotopic (exact) mass is 501 g/mol. The summed E-state index contributed by atoms with van der Waals surface area (Å²) in [7, 11) is 6.13. The van der Waals surface area contributed by atoms with Crippen LogP contribution in [0.4, 0.5) is 5.82 Å². The fraction of sp³-hybridized carbons (Fsp3) is 0.464. The molecule has 186 valence electrons. The molecule has 3 aliphatic carbocycles. The molecule has 1 fully saturated rings. The zero-order chi connectivity index (χ0) is 24.9. The normalized spacial score (nSPS) is 20.9. The van der Waals surface area contributed by atoms with E-state index in [1.165, 1.54) is 12.8 Å². The van der Waals surface area contributed by atoms with Crippen molar-refractivity contribution < 1.29 is 4.79 Å². The van der Waals surface area contributed by atoms with Crippen molar-refractivity contribution in [2.75, 3.05) is 18.4 Å². The number of nitrogens with zero attached hydrogens (tertiary/aromatic N) is 3. The lowest BCUT2D eigenvalue weighted by Gasteiger charge is -2.29. The van der Waals surface area contributed by atoms with Gasteiger partial charge < -0.3 is 10.6 Å². The molecule has 2 radical (unpaired) electrons. The van der Waals surface area contributed by atoms with E-state index in [1.54, 1.807) is 10.7 Å². The highest BCUT2D eigenvalue weighted by atomic mass is 35.5. The molecule has 2 N–H and O–H groups in total. The predicted octanol–water partition coefficient (Wildman–Crippen LogP) is 4.68. The highest BCUT2D eigenvalue weighted by molar-refractivity contribution is 6.36. The number of allylic oxidation sites excluding steroid dienone is 8. The predicted molar refractivity (Wildman–Crippen MR) is 147 cm³/mol. The average molecular weight is 502 g/mol. The number of hydrogen-bond donors (Lipinski definition) is 2. The summed E-state index contributed by atoms with van der Waals surface area (Å²) in [6.07, 6.45) is 22.6. The number of anilines is 1. The van der Waals surface area contributed by atoms with Gasteiger partial charge in [-0.15, -0.1) is 0 Å². The van der Waals surface area contributed by atoms with Crippen LogP contribution in [-0.2, 0) is 4.79 Å². The number of rotatable bonds is 9. The molecule has 2 atom stereocenters. The molecule has 8 heteroatoms. The third-order valence-corrected chi connectivity index (χ3v) is 7.92. The molecule has 2 aromatic heterocycles. The summed E-state index contributed by atoms with van der Waals surface area (Å²) < 4.78 is 1.72. The topological polar surface area (TPSA) is 71.3 Å². The van der Waals surface area contributed by atoms with Crippen LogP contribution in [0, 0.1) is 17.8 Å². The van der Waals surface area contributed by atoms with Crippen LogP contribution in [-0.4, -0.2) is 41.4 Å². The molecule has 2 aromatic rings. The molecule has 1 amide bonds. The minimum Gasteiger partial charge on any atom is -0.370 e. The van der Waals surface area contributed by atoms with Crippen molar-refractivity contribution in [3.05, 3.63) is 59.4 Å². The molecule has 3 aliphatic rings. The molecule has 0 bridgehead atoms. The van der Waals surface area contributed by atoms with Crippen molar-refractivity contribution in [2.24, 2.45) is 17.8 Å². The van der Waals surface area contributed by atoms with E-state index in [0.29, 0.717) is 36.0 Å². The highest BCUT2D eigenvalue weighted by Gasteiger charge is 2.35. The number of carbonyl (C=O) groups excluding carboxylic acids is 1. The van der Waals surface area contributed by atoms with E-state index >= 15 is 0 Å². The Bertz CT molecular complexity index is 1220. The van der Waals surface area contributed by atoms with Crippen molar-refractivity contribution in [1.29, 1.82) is 0 Å². The van der Waals surface area contributed by atoms with E-state index in [9.17, 15) is 4.79 Å². The first-order valence-electron chi connectivity index (χ1n) is 13.2. The third kappa shape index (κ3) is 5.46. The summed E-state index contributed by atoms with van der Waals surface area (Å²) in [5.74, 6) is 1.87. The van der Waals surface area contributed by atoms with Gasteiger partial charge in [0, 0.05) is 41.9 Å². The fourth-order valence-corrected chi connectivity index (χ4v) is 5.95. The molecule has 1 saturated carbocycles. The van der Waals surface area contributed by atoms with E-state index < -0.39 is 0 Å². The van der Waals surface area contributed by atoms with Crippen LogP contribution in [0.2, 0.25) is 0 Å². The summed E-state index contributed by atoms with van der Waals surface area (Å²) in [6.45, 7) is 1.31. The number of amides is 1. The van der Waals surface area contributed by atoms with E-state index in [2.05, 4.69) is 46.1 Å². The Balaban J connectivity index is 1.21. The Morgan fingerprint density at radius 3 is 2.86 bits per heavy atom. The quantitative estimate of drug-likeness (QED) is 0.387. The SMILES string of the molecule is [B]c1cnn2c(NCCCNC(=O)C(C3C=CC=CC3)C3CCCC3)cc(C3=C(Cl)CCC=C3)nc12. The molecule has 0 spiro atoms. The molecular weight excluding hydrogens is 469 g/mol. The number of hydrogen-bond acceptors (Lipinski definition) is 4. The van der Waals surface area contributed by atoms with Gasteiger partial charge in [-0.25, -0.2) is 4.98 Å². The fourth-order valence-electron chi connectivity index (χ4n) is 5.68. The van der Waals surface area contributed by atoms with Crippen LogP contribution in [0.25, 0.3) is 11.2 Å². The summed E-state index contributed by atoms with van der Waals surface area (Å²) in [6, 6.07) is 1.96. The second kappa shape index (κ2) is 11.5. The lowest BCUT2D eigenvalue weighted by Crippen LogP contribution is -2.39. The number of halogens is 1. The first-order valence-corrected chi connectivity index (χ1v) is 13.5. The summed E-state index contributed by atoms with van der Waals surface area (Å²) in [4.78, 5) is 18.0. The minimum atomic E-state index is 0.0673. The van der Waals surface area contributed by atoms with Crippen molar-refractivity contribution in [3.63, 3.8) is 0 Å². The Morgan fingerprint density at radius 2 is 2.08 bits per heavy atom. The number of fused-ring (bicyclic) bond motifs is 1. The molecule has 2 heterocycles. The van der Waals surface area contributed by atoms with E-state index in [1.807, 2.05) is 12.1 Å². The van der Waals surface area contributed by atoms with Crippen molar-refractivity contribution in [3.8, 4) is 0 Å². The van der Waals surface area contributed by atoms with Crippen LogP contribution in [0.3, 0.4) is 0 Å². The Kier molecular flexibility index (Phi) is 7.95. The Morgan fingerprint density at radius 1 is 1.22 bits per heavy atom. The molecule has 0 aromatic carbocycles. The zero-order valence-electron chi connectivity index (χ0n) is 20.6. The van der Waals surface area contributed by atoms with Gasteiger partial charge in [-0.05, 0) is 55.8 Å². The van der Waals surface area contributed by atoms with Crippen LogP contribution in [0.1, 0.15) is 57.1 Å². The van der Waals surface area contributed by atoms with Gasteiger partial charge in [-0.3, -0.25) is 4.79 Å². The number of nitrogens with one attached hydrogen (secondary N) is 2. The zero-order valence-corrected chi connectivity index (χ0v) is 21.4. The summed E-state index contributed by atoms with van der Waals surface area (Å²) in [5, 5.41) is 11.9. The second-order valence-electron chi connectivity index (χ2n) is 9.98. The molecule has 2 unspecified atom stereocenters. The van der Waals surface area contributed by atoms with Crippen LogP contribution >= 0.6 is 11.6 Å². The first-order chi connectivity index (χ1) is 17.6. The van der Waals surface area contributed by atoms with E-state index in [4.69, 9.17) is 24.4 Å². The van der Waals surface area contributed by atoms with Crippen molar-refractivity contribution in [2.45, 2.75) is 51.4 Å². The summed E-state index contributed by atoms with van der Waals surface area (Å²) >= 11 is 6.50. The van der Waals surface area contributed by atoms with Crippen LogP contribution < -0.4 is 16.1 Å². The third-order valence-electron chi connectivity index (χ3n) is 7.53. The van der Waals surface area contributed by atoms with Crippen LogP contribution in [0.15, 0.2) is 53.8 Å². The van der Waals surface area contributed by atoms with Crippen LogP contribution in [0.5, 0.6) is 0 Å². The Labute approximate surface area is 219 Å². The van der Waals surface area contributed by atoms with Gasteiger partial charge >= 0.3 is 0 Å². The van der Waals surface area contributed by atoms with Gasteiger partial charge in [0.25, 0.3) is 0 Å². The standard InChI is InChI=1S/C28H33BClN5O/c29-22-18-33-35-25(17-24(34-27(22)35)21-13-6-7-14-23(21)30)31-15-8-16-32-28(36)26(20-11-4-5-12-20)19-9-2-1-3-10-19/h1-3,6,9,13,17-20,26,31H,4-5,7-8,10-12,14-16H2,(H,32,36). The average Bonchev–Trinajstić information content (AvgIpc) is 3.55. The molecule has 36 heavy (non-hydrogen) atoms. The minimum absolute atomic E-state index is 0.0673. The van der Waals surface area contributed by atoms with Gasteiger partial charge in [0.05, 0.1) is 5.69 Å². The van der Waals surface area contributed by atoms with Gasteiger partial charge in [0.2, 0.25) is 5.91 Å². The van der Waals surface area contributed by atoms with E-state index in [-0.39, 0.29) is 11.8 Å². The second-order valence-corrected chi connectivity index (χ2v) is 10.4. The number of carbonyl (C=O) groups is 1. The molecule has 0 aliphatic heterocycles. The molecular formula is C28H33BClN5O. The highest BCUT2D eigenvalue weighted by Crippen LogP contribution is 2.38. The lowest BCUT2D eigenvalue weighted by molar-refractivity contribution is -0.128. The van der Waals surface area contributed by atoms with Gasteiger partial charge in [-0.1, -0.05) is 60.9 Å². The number of aromatic nitrogens is 3. The van der Waals surface area contributed by atoms with Crippen molar-refractivity contribution >= 4 is 47.9 Å². The molecule has 5 rings (SSSR count). The Hall–Kier alpha value is -2.80. The maximum atomic E-state index is 13.2. The maximum absolute atomic E-state index is 13.2. The van der Waals surface area contributed by atoms with E-state index in [0.717, 1.165) is 60.6 Å². The maximum Gasteiger partial charge on any atom is 0.223 e. The van der Waals surface area contributed by atoms with Gasteiger partial charge in [-0.2, -0.15) is 9.61 Å². The molecule has 0 saturated heterocycles. The lowest BCUT2D eigenvalue weighted by atomic mass is 9.77. The van der Waals surface area contributed by atoms with Gasteiger partial charge in [0.1, 0.15) is 13.7 Å². The summed E-state index contributed by atoms with van der Waals surface area (Å²) in [5.41, 5.74) is 2.83. The molecule has 6 nitrogen and oxygen atoms in total.